The maximum absolute atomic E-state index is 12.7. The van der Waals surface area contributed by atoms with Crippen molar-refractivity contribution in [3.8, 4) is 11.4 Å². The number of methoxy groups -OCH3 is 1. The fourth-order valence-corrected chi connectivity index (χ4v) is 4.13. The van der Waals surface area contributed by atoms with E-state index in [1.165, 1.54) is 18.7 Å². The Morgan fingerprint density at radius 2 is 1.88 bits per heavy atom. The van der Waals surface area contributed by atoms with Crippen molar-refractivity contribution in [2.24, 2.45) is 0 Å². The number of ether oxygens (including phenoxy) is 1. The molecule has 0 radical (unpaired) electrons. The fraction of sp³-hybridized carbons (Fsp3) is 0.304. The number of Topliss-reactive ketones (excluding diaryl/α,β-unsaturated/α-hetero) is 1. The predicted octanol–water partition coefficient (Wildman–Crippen LogP) is 4.96. The van der Waals surface area contributed by atoms with Crippen molar-refractivity contribution in [3.05, 3.63) is 59.1 Å². The molecule has 1 N–H and O–H groups in total. The Labute approximate surface area is 196 Å². The summed E-state index contributed by atoms with van der Waals surface area (Å²) in [5.74, 6) is 0.465. The zero-order valence-corrected chi connectivity index (χ0v) is 19.7. The number of carbonyl (C=O) groups excluding carboxylic acids is 2. The van der Waals surface area contributed by atoms with Gasteiger partial charge in [0.15, 0.2) is 16.8 Å². The second-order valence-electron chi connectivity index (χ2n) is 7.17. The normalized spacial score (nSPS) is 11.9. The number of hydrogen-bond acceptors (Lipinski definition) is 6. The number of carbonyl (C=O) groups is 2. The molecule has 0 aliphatic rings. The molecular weight excluding hydrogens is 448 g/mol. The molecule has 1 atom stereocenters. The lowest BCUT2D eigenvalue weighted by Crippen LogP contribution is -2.23. The number of rotatable bonds is 10. The van der Waals surface area contributed by atoms with Crippen molar-refractivity contribution in [3.63, 3.8) is 0 Å². The summed E-state index contributed by atoms with van der Waals surface area (Å²) >= 11 is 7.70. The number of hydrogen-bond donors (Lipinski definition) is 1. The van der Waals surface area contributed by atoms with E-state index in [0.29, 0.717) is 40.4 Å². The molecule has 7 nitrogen and oxygen atoms in total. The summed E-state index contributed by atoms with van der Waals surface area (Å²) in [5.41, 5.74) is 2.01. The lowest BCUT2D eigenvalue weighted by Gasteiger charge is -2.14. The average Bonchev–Trinajstić information content (AvgIpc) is 3.16. The summed E-state index contributed by atoms with van der Waals surface area (Å²) in [4.78, 5) is 24.2. The van der Waals surface area contributed by atoms with E-state index in [9.17, 15) is 9.59 Å². The standard InChI is InChI=1S/C23H25ClN4O3S/c1-15(29)17-9-11-18(12-10-17)25-22(30)16(2)32-23-27-26-21(28(23)13-6-14-31-3)19-7-4-5-8-20(19)24/h4-5,7-12,16H,6,13-14H2,1-3H3,(H,25,30). The molecule has 0 saturated heterocycles. The molecule has 3 rings (SSSR count). The molecule has 0 bridgehead atoms. The summed E-state index contributed by atoms with van der Waals surface area (Å²) < 4.78 is 7.15. The first-order chi connectivity index (χ1) is 15.4. The molecule has 0 spiro atoms. The minimum atomic E-state index is -0.424. The van der Waals surface area contributed by atoms with E-state index < -0.39 is 5.25 Å². The SMILES string of the molecule is COCCCn1c(SC(C)C(=O)Nc2ccc(C(C)=O)cc2)nnc1-c1ccccc1Cl. The Bertz CT molecular complexity index is 1090. The van der Waals surface area contributed by atoms with Gasteiger partial charge in [-0.3, -0.25) is 9.59 Å². The first-order valence-electron chi connectivity index (χ1n) is 10.2. The number of ketones is 1. The minimum absolute atomic E-state index is 0.0195. The second kappa shape index (κ2) is 11.3. The number of amides is 1. The monoisotopic (exact) mass is 472 g/mol. The van der Waals surface area contributed by atoms with Crippen LogP contribution >= 0.6 is 23.4 Å². The number of thioether (sulfide) groups is 1. The van der Waals surface area contributed by atoms with Crippen molar-refractivity contribution in [1.82, 2.24) is 14.8 Å². The highest BCUT2D eigenvalue weighted by molar-refractivity contribution is 8.00. The van der Waals surface area contributed by atoms with Crippen LogP contribution in [0.25, 0.3) is 11.4 Å². The molecule has 1 amide bonds. The van der Waals surface area contributed by atoms with Gasteiger partial charge in [0.25, 0.3) is 0 Å². The lowest BCUT2D eigenvalue weighted by molar-refractivity contribution is -0.115. The summed E-state index contributed by atoms with van der Waals surface area (Å²) in [7, 11) is 1.66. The van der Waals surface area contributed by atoms with Gasteiger partial charge in [0.2, 0.25) is 5.91 Å². The Balaban J connectivity index is 1.76. The number of nitrogens with zero attached hydrogens (tertiary/aromatic N) is 3. The Morgan fingerprint density at radius 3 is 2.53 bits per heavy atom. The highest BCUT2D eigenvalue weighted by Gasteiger charge is 2.22. The number of nitrogens with one attached hydrogen (secondary N) is 1. The molecule has 1 aromatic heterocycles. The van der Waals surface area contributed by atoms with Crippen molar-refractivity contribution in [2.75, 3.05) is 19.0 Å². The van der Waals surface area contributed by atoms with Gasteiger partial charge >= 0.3 is 0 Å². The largest absolute Gasteiger partial charge is 0.385 e. The molecule has 0 aliphatic heterocycles. The smallest absolute Gasteiger partial charge is 0.237 e. The van der Waals surface area contributed by atoms with Gasteiger partial charge in [-0.1, -0.05) is 35.5 Å². The molecule has 1 heterocycles. The van der Waals surface area contributed by atoms with E-state index in [1.54, 1.807) is 31.4 Å². The summed E-state index contributed by atoms with van der Waals surface area (Å²) in [6.07, 6.45) is 0.766. The maximum atomic E-state index is 12.7. The molecule has 1 unspecified atom stereocenters. The van der Waals surface area contributed by atoms with Crippen LogP contribution in [0.15, 0.2) is 53.7 Å². The zero-order chi connectivity index (χ0) is 23.1. The van der Waals surface area contributed by atoms with Crippen LogP contribution in [-0.2, 0) is 16.1 Å². The predicted molar refractivity (Wildman–Crippen MR) is 127 cm³/mol. The number of halogens is 1. The van der Waals surface area contributed by atoms with Crippen LogP contribution in [0.2, 0.25) is 5.02 Å². The molecule has 168 valence electrons. The third-order valence-electron chi connectivity index (χ3n) is 4.77. The van der Waals surface area contributed by atoms with Crippen LogP contribution in [0.4, 0.5) is 5.69 Å². The topological polar surface area (TPSA) is 86.1 Å². The first-order valence-corrected chi connectivity index (χ1v) is 11.4. The molecule has 0 fully saturated rings. The van der Waals surface area contributed by atoms with Crippen molar-refractivity contribution < 1.29 is 14.3 Å². The molecular formula is C23H25ClN4O3S. The van der Waals surface area contributed by atoms with Gasteiger partial charge in [-0.05, 0) is 56.7 Å². The molecule has 0 aliphatic carbocycles. The van der Waals surface area contributed by atoms with E-state index in [1.807, 2.05) is 35.8 Å². The number of anilines is 1. The van der Waals surface area contributed by atoms with Crippen molar-refractivity contribution in [1.29, 1.82) is 0 Å². The van der Waals surface area contributed by atoms with E-state index in [2.05, 4.69) is 15.5 Å². The lowest BCUT2D eigenvalue weighted by atomic mass is 10.1. The third-order valence-corrected chi connectivity index (χ3v) is 6.18. The molecule has 9 heteroatoms. The summed E-state index contributed by atoms with van der Waals surface area (Å²) in [5, 5.41) is 12.4. The zero-order valence-electron chi connectivity index (χ0n) is 18.2. The highest BCUT2D eigenvalue weighted by atomic mass is 35.5. The molecule has 2 aromatic carbocycles. The van der Waals surface area contributed by atoms with Gasteiger partial charge < -0.3 is 14.6 Å². The van der Waals surface area contributed by atoms with Crippen LogP contribution in [0.3, 0.4) is 0 Å². The summed E-state index contributed by atoms with van der Waals surface area (Å²) in [6, 6.07) is 14.3. The van der Waals surface area contributed by atoms with Crippen molar-refractivity contribution >= 4 is 40.7 Å². The van der Waals surface area contributed by atoms with E-state index in [4.69, 9.17) is 16.3 Å². The number of benzene rings is 2. The van der Waals surface area contributed by atoms with Crippen LogP contribution < -0.4 is 5.32 Å². The molecule has 0 saturated carbocycles. The number of aromatic nitrogens is 3. The van der Waals surface area contributed by atoms with Crippen molar-refractivity contribution in [2.45, 2.75) is 37.2 Å². The maximum Gasteiger partial charge on any atom is 0.237 e. The Hall–Kier alpha value is -2.68. The quantitative estimate of drug-likeness (QED) is 0.255. The van der Waals surface area contributed by atoms with Crippen LogP contribution in [-0.4, -0.2) is 45.4 Å². The van der Waals surface area contributed by atoms with Gasteiger partial charge in [0, 0.05) is 37.1 Å². The molecule has 32 heavy (non-hydrogen) atoms. The third kappa shape index (κ3) is 5.97. The van der Waals surface area contributed by atoms with Gasteiger partial charge in [-0.15, -0.1) is 10.2 Å². The Morgan fingerprint density at radius 1 is 1.16 bits per heavy atom. The van der Waals surface area contributed by atoms with Crippen LogP contribution in [0.5, 0.6) is 0 Å². The first kappa shape index (κ1) is 24.0. The van der Waals surface area contributed by atoms with Gasteiger partial charge in [0.1, 0.15) is 0 Å². The van der Waals surface area contributed by atoms with Crippen LogP contribution in [0.1, 0.15) is 30.6 Å². The van der Waals surface area contributed by atoms with Gasteiger partial charge in [-0.2, -0.15) is 0 Å². The van der Waals surface area contributed by atoms with E-state index in [0.717, 1.165) is 12.0 Å². The Kier molecular flexibility index (Phi) is 8.44. The highest BCUT2D eigenvalue weighted by Crippen LogP contribution is 2.31. The van der Waals surface area contributed by atoms with E-state index >= 15 is 0 Å². The minimum Gasteiger partial charge on any atom is -0.385 e. The second-order valence-corrected chi connectivity index (χ2v) is 8.88. The fourth-order valence-electron chi connectivity index (χ4n) is 3.03. The summed E-state index contributed by atoms with van der Waals surface area (Å²) in [6.45, 7) is 4.54. The van der Waals surface area contributed by atoms with E-state index in [-0.39, 0.29) is 11.7 Å². The van der Waals surface area contributed by atoms with Crippen LogP contribution in [0, 0.1) is 0 Å². The van der Waals surface area contributed by atoms with Gasteiger partial charge in [0.05, 0.1) is 10.3 Å². The molecule has 3 aromatic rings. The average molecular weight is 473 g/mol. The van der Waals surface area contributed by atoms with Gasteiger partial charge in [-0.25, -0.2) is 0 Å².